The van der Waals surface area contributed by atoms with Crippen molar-refractivity contribution >= 4 is 27.9 Å². The lowest BCUT2D eigenvalue weighted by Crippen LogP contribution is -2.15. The van der Waals surface area contributed by atoms with Crippen LogP contribution in [-0.4, -0.2) is 25.2 Å². The normalized spacial score (nSPS) is 11.5. The Hall–Kier alpha value is -2.34. The molecule has 0 saturated carbocycles. The van der Waals surface area contributed by atoms with Gasteiger partial charge in [0, 0.05) is 4.47 Å². The lowest BCUT2D eigenvalue weighted by atomic mass is 10.1. The highest BCUT2D eigenvalue weighted by Gasteiger charge is 2.11. The highest BCUT2D eigenvalue weighted by Crippen LogP contribution is 2.19. The summed E-state index contributed by atoms with van der Waals surface area (Å²) in [5.74, 6) is 0.551. The van der Waals surface area contributed by atoms with Crippen molar-refractivity contribution in [3.63, 3.8) is 0 Å². The number of hydrogen-bond donors (Lipinski definition) is 0. The molecule has 0 aliphatic carbocycles. The molecule has 2 rings (SSSR count). The number of carbonyl (C=O) groups is 2. The van der Waals surface area contributed by atoms with Gasteiger partial charge in [-0.3, -0.25) is 4.79 Å². The van der Waals surface area contributed by atoms with E-state index >= 15 is 0 Å². The molecule has 0 spiro atoms. The van der Waals surface area contributed by atoms with Crippen LogP contribution in [0.3, 0.4) is 0 Å². The Morgan fingerprint density at radius 1 is 0.929 bits per heavy atom. The molecule has 0 N–H and O–H groups in total. The molecular weight excluding hydrogens is 424 g/mol. The lowest BCUT2D eigenvalue weighted by molar-refractivity contribution is -0.148. The maximum atomic E-state index is 12.2. The van der Waals surface area contributed by atoms with E-state index in [1.54, 1.807) is 36.4 Å². The molecule has 150 valence electrons. The van der Waals surface area contributed by atoms with Crippen molar-refractivity contribution in [3.05, 3.63) is 58.6 Å². The summed E-state index contributed by atoms with van der Waals surface area (Å²) in [4.78, 5) is 23.7. The molecule has 1 unspecified atom stereocenters. The summed E-state index contributed by atoms with van der Waals surface area (Å²) in [5.41, 5.74) is 0.451. The molecule has 0 aliphatic rings. The Balaban J connectivity index is 1.68. The average molecular weight is 449 g/mol. The Bertz CT molecular complexity index is 756. The molecule has 1 atom stereocenters. The van der Waals surface area contributed by atoms with E-state index in [1.165, 1.54) is 0 Å². The van der Waals surface area contributed by atoms with E-state index in [0.717, 1.165) is 23.7 Å². The third-order valence-corrected chi connectivity index (χ3v) is 4.71. The van der Waals surface area contributed by atoms with Gasteiger partial charge in [0.1, 0.15) is 11.5 Å². The Labute approximate surface area is 174 Å². The van der Waals surface area contributed by atoms with Crippen LogP contribution in [0, 0.1) is 5.92 Å². The maximum absolute atomic E-state index is 12.2. The van der Waals surface area contributed by atoms with Gasteiger partial charge in [0.25, 0.3) is 0 Å². The zero-order valence-corrected chi connectivity index (χ0v) is 17.7. The third-order valence-electron chi connectivity index (χ3n) is 4.18. The summed E-state index contributed by atoms with van der Waals surface area (Å²) < 4.78 is 17.1. The van der Waals surface area contributed by atoms with Gasteiger partial charge in [-0.25, -0.2) is 4.79 Å². The van der Waals surface area contributed by atoms with Gasteiger partial charge in [-0.1, -0.05) is 29.8 Å². The molecule has 6 heteroatoms. The molecule has 0 saturated heterocycles. The summed E-state index contributed by atoms with van der Waals surface area (Å²) in [7, 11) is 0. The fourth-order valence-electron chi connectivity index (χ4n) is 2.23. The summed E-state index contributed by atoms with van der Waals surface area (Å²) in [5, 5.41) is 0. The average Bonchev–Trinajstić information content (AvgIpc) is 2.71. The minimum Gasteiger partial charge on any atom is -0.494 e. The number of carbonyl (C=O) groups excluding carboxylic acids is 2. The molecule has 0 amide bonds. The molecule has 0 radical (unpaired) electrons. The second-order valence-corrected chi connectivity index (χ2v) is 7.32. The Morgan fingerprint density at radius 2 is 1.54 bits per heavy atom. The SMILES string of the molecule is CCC(C)C(=O)OCCCCOc1ccc(C(=O)Oc2ccc(Br)cc2)cc1. The molecule has 0 aliphatic heterocycles. The monoisotopic (exact) mass is 448 g/mol. The summed E-state index contributed by atoms with van der Waals surface area (Å²) in [6.45, 7) is 4.76. The van der Waals surface area contributed by atoms with Gasteiger partial charge in [-0.05, 0) is 67.8 Å². The third kappa shape index (κ3) is 7.35. The van der Waals surface area contributed by atoms with E-state index < -0.39 is 5.97 Å². The predicted octanol–water partition coefficient (Wildman–Crippen LogP) is 5.42. The zero-order chi connectivity index (χ0) is 20.4. The lowest BCUT2D eigenvalue weighted by Gasteiger charge is -2.10. The van der Waals surface area contributed by atoms with Crippen LogP contribution < -0.4 is 9.47 Å². The van der Waals surface area contributed by atoms with Crippen molar-refractivity contribution in [1.29, 1.82) is 0 Å². The Kier molecular flexibility index (Phi) is 9.01. The Morgan fingerprint density at radius 3 is 2.18 bits per heavy atom. The van der Waals surface area contributed by atoms with Gasteiger partial charge >= 0.3 is 11.9 Å². The van der Waals surface area contributed by atoms with Crippen molar-refractivity contribution < 1.29 is 23.8 Å². The molecule has 2 aromatic rings. The van der Waals surface area contributed by atoms with Crippen molar-refractivity contribution in [2.24, 2.45) is 5.92 Å². The molecular formula is C22H25BrO5. The number of ether oxygens (including phenoxy) is 3. The first-order valence-corrected chi connectivity index (χ1v) is 10.2. The fourth-order valence-corrected chi connectivity index (χ4v) is 2.50. The van der Waals surface area contributed by atoms with Crippen molar-refractivity contribution in [1.82, 2.24) is 0 Å². The van der Waals surface area contributed by atoms with Crippen LogP contribution in [0.15, 0.2) is 53.0 Å². The van der Waals surface area contributed by atoms with Crippen LogP contribution in [0.2, 0.25) is 0 Å². The summed E-state index contributed by atoms with van der Waals surface area (Å²) in [6, 6.07) is 13.9. The van der Waals surface area contributed by atoms with Crippen LogP contribution in [-0.2, 0) is 9.53 Å². The molecule has 0 aromatic heterocycles. The molecule has 2 aromatic carbocycles. The topological polar surface area (TPSA) is 61.8 Å². The van der Waals surface area contributed by atoms with Crippen molar-refractivity contribution in [2.45, 2.75) is 33.1 Å². The highest BCUT2D eigenvalue weighted by molar-refractivity contribution is 9.10. The largest absolute Gasteiger partial charge is 0.494 e. The van der Waals surface area contributed by atoms with Crippen molar-refractivity contribution in [3.8, 4) is 11.5 Å². The van der Waals surface area contributed by atoms with E-state index in [2.05, 4.69) is 15.9 Å². The maximum Gasteiger partial charge on any atom is 0.343 e. The van der Waals surface area contributed by atoms with E-state index in [-0.39, 0.29) is 11.9 Å². The minimum absolute atomic E-state index is 0.0507. The van der Waals surface area contributed by atoms with Crippen LogP contribution in [0.1, 0.15) is 43.5 Å². The van der Waals surface area contributed by atoms with E-state index in [0.29, 0.717) is 30.3 Å². The molecule has 0 fully saturated rings. The summed E-state index contributed by atoms with van der Waals surface area (Å²) in [6.07, 6.45) is 2.32. The second-order valence-electron chi connectivity index (χ2n) is 6.40. The molecule has 5 nitrogen and oxygen atoms in total. The number of unbranched alkanes of at least 4 members (excludes halogenated alkanes) is 1. The first-order chi connectivity index (χ1) is 13.5. The minimum atomic E-state index is -0.419. The fraction of sp³-hybridized carbons (Fsp3) is 0.364. The number of benzene rings is 2. The standard InChI is InChI=1S/C22H25BrO5/c1-3-16(2)21(24)27-15-5-4-14-26-19-10-6-17(7-11-19)22(25)28-20-12-8-18(23)9-13-20/h6-13,16H,3-5,14-15H2,1-2H3. The van der Waals surface area contributed by atoms with E-state index in [9.17, 15) is 9.59 Å². The molecule has 28 heavy (non-hydrogen) atoms. The smallest absolute Gasteiger partial charge is 0.343 e. The van der Waals surface area contributed by atoms with Crippen LogP contribution in [0.25, 0.3) is 0 Å². The first kappa shape index (κ1) is 22.0. The molecule has 0 bridgehead atoms. The number of esters is 2. The highest BCUT2D eigenvalue weighted by atomic mass is 79.9. The van der Waals surface area contributed by atoms with Gasteiger partial charge in [-0.15, -0.1) is 0 Å². The van der Waals surface area contributed by atoms with Crippen LogP contribution in [0.5, 0.6) is 11.5 Å². The number of halogens is 1. The summed E-state index contributed by atoms with van der Waals surface area (Å²) >= 11 is 3.34. The van der Waals surface area contributed by atoms with Gasteiger partial charge in [0.05, 0.1) is 24.7 Å². The van der Waals surface area contributed by atoms with Gasteiger partial charge in [0.2, 0.25) is 0 Å². The van der Waals surface area contributed by atoms with E-state index in [1.807, 2.05) is 26.0 Å². The van der Waals surface area contributed by atoms with Gasteiger partial charge < -0.3 is 14.2 Å². The van der Waals surface area contributed by atoms with E-state index in [4.69, 9.17) is 14.2 Å². The zero-order valence-electron chi connectivity index (χ0n) is 16.2. The number of hydrogen-bond acceptors (Lipinski definition) is 5. The van der Waals surface area contributed by atoms with Gasteiger partial charge in [-0.2, -0.15) is 0 Å². The van der Waals surface area contributed by atoms with Gasteiger partial charge in [0.15, 0.2) is 0 Å². The first-order valence-electron chi connectivity index (χ1n) is 9.37. The van der Waals surface area contributed by atoms with Crippen LogP contribution in [0.4, 0.5) is 0 Å². The second kappa shape index (κ2) is 11.5. The van der Waals surface area contributed by atoms with Crippen molar-refractivity contribution in [2.75, 3.05) is 13.2 Å². The molecule has 0 heterocycles. The number of rotatable bonds is 10. The van der Waals surface area contributed by atoms with Crippen LogP contribution >= 0.6 is 15.9 Å². The predicted molar refractivity (Wildman–Crippen MR) is 111 cm³/mol. The quantitative estimate of drug-likeness (QED) is 0.276.